The van der Waals surface area contributed by atoms with Crippen molar-refractivity contribution < 1.29 is 19.1 Å². The highest BCUT2D eigenvalue weighted by Crippen LogP contribution is 2.34. The van der Waals surface area contributed by atoms with E-state index >= 15 is 0 Å². The number of allylic oxidation sites excluding steroid dienone is 2. The van der Waals surface area contributed by atoms with Gasteiger partial charge < -0.3 is 40.1 Å². The van der Waals surface area contributed by atoms with E-state index in [9.17, 15) is 9.59 Å². The summed E-state index contributed by atoms with van der Waals surface area (Å²) in [5, 5.41) is 24.2. The van der Waals surface area contributed by atoms with Crippen LogP contribution in [0.15, 0.2) is 172 Å². The highest BCUT2D eigenvalue weighted by atomic mass is 79.9. The van der Waals surface area contributed by atoms with Crippen molar-refractivity contribution in [1.82, 2.24) is 20.9 Å². The summed E-state index contributed by atoms with van der Waals surface area (Å²) in [4.78, 5) is 33.0. The molecule has 16 rings (SSSR count). The zero-order valence-electron chi connectivity index (χ0n) is 54.1. The number of benzene rings is 6. The summed E-state index contributed by atoms with van der Waals surface area (Å²) < 4.78 is 18.3. The summed E-state index contributed by atoms with van der Waals surface area (Å²) in [6.07, 6.45) is 16.3. The third kappa shape index (κ3) is 21.0. The minimum Gasteiger partial charge on any atom is -0.494 e. The molecule has 8 heterocycles. The Kier molecular flexibility index (Phi) is 28.8. The molecule has 0 bridgehead atoms. The lowest BCUT2D eigenvalue weighted by molar-refractivity contribution is -0.114. The number of hydrogen-bond donors (Lipinski definition) is 3. The summed E-state index contributed by atoms with van der Waals surface area (Å²) in [5.41, 5.74) is 8.53. The molecule has 0 atom stereocenters. The number of thiophene rings is 4. The van der Waals surface area contributed by atoms with E-state index in [1.165, 1.54) is 94.2 Å². The second kappa shape index (κ2) is 38.1. The maximum Gasteiger partial charge on any atom is 0.160 e. The van der Waals surface area contributed by atoms with Crippen molar-refractivity contribution in [3.05, 3.63) is 194 Å². The first kappa shape index (κ1) is 71.6. The number of nitrogens with one attached hydrogen (secondary N) is 3. The van der Waals surface area contributed by atoms with Gasteiger partial charge in [0.2, 0.25) is 0 Å². The Balaban J connectivity index is 0.000000132. The van der Waals surface area contributed by atoms with Gasteiger partial charge in [0, 0.05) is 159 Å². The van der Waals surface area contributed by atoms with Crippen LogP contribution in [0.4, 0.5) is 17.1 Å². The van der Waals surface area contributed by atoms with Gasteiger partial charge in [-0.1, -0.05) is 70.9 Å². The SMILES string of the molecule is Brc1cccc2sccc12.C1CCNCC1.Cl.O=C1C=Cc2ccc(OCCCCCl)cc2C1.O=C1C=Cc2ccc(OCCCCN3CCN(c4cccc5sccc45)CC3)cc2C1.c1cc(N2CCNCC2)c2ccsc2c1.c1cc(N2CCNCC2)c2ccsc2c1. The maximum atomic E-state index is 11.6. The summed E-state index contributed by atoms with van der Waals surface area (Å²) >= 11 is 16.3. The van der Waals surface area contributed by atoms with E-state index in [1.807, 2.05) is 82.6 Å². The van der Waals surface area contributed by atoms with Crippen LogP contribution in [0, 0.1) is 0 Å². The molecule has 10 aromatic rings. The maximum absolute atomic E-state index is 11.6. The second-order valence-electron chi connectivity index (χ2n) is 24.0. The molecule has 95 heavy (non-hydrogen) atoms. The van der Waals surface area contributed by atoms with Crippen molar-refractivity contribution in [3.8, 4) is 11.5 Å². The molecule has 500 valence electrons. The summed E-state index contributed by atoms with van der Waals surface area (Å²) in [6.45, 7) is 18.3. The van der Waals surface area contributed by atoms with Gasteiger partial charge in [0.25, 0.3) is 0 Å². The molecule has 4 saturated heterocycles. The van der Waals surface area contributed by atoms with E-state index < -0.39 is 0 Å². The lowest BCUT2D eigenvalue weighted by Gasteiger charge is -2.36. The molecule has 18 heteroatoms. The Labute approximate surface area is 596 Å². The summed E-state index contributed by atoms with van der Waals surface area (Å²) in [6, 6.07) is 46.9. The fourth-order valence-electron chi connectivity index (χ4n) is 12.4. The number of ketones is 2. The zero-order chi connectivity index (χ0) is 64.5. The molecule has 11 nitrogen and oxygen atoms in total. The fraction of sp³-hybridized carbons (Fsp3) is 0.351. The van der Waals surface area contributed by atoms with Gasteiger partial charge >= 0.3 is 0 Å². The van der Waals surface area contributed by atoms with Gasteiger partial charge in [-0.3, -0.25) is 14.5 Å². The molecule has 0 spiro atoms. The smallest absolute Gasteiger partial charge is 0.160 e. The topological polar surface area (TPSA) is 102 Å². The van der Waals surface area contributed by atoms with E-state index in [2.05, 4.69) is 170 Å². The van der Waals surface area contributed by atoms with Gasteiger partial charge in [-0.25, -0.2) is 0 Å². The molecule has 4 fully saturated rings. The molecular formula is C77H88BrCl2N7O4S4. The quantitative estimate of drug-likeness (QED) is 0.0717. The predicted molar refractivity (Wildman–Crippen MR) is 416 cm³/mol. The molecule has 3 N–H and O–H groups in total. The third-order valence-electron chi connectivity index (χ3n) is 17.5. The largest absolute Gasteiger partial charge is 0.494 e. The lowest BCUT2D eigenvalue weighted by Crippen LogP contribution is -2.46. The monoisotopic (exact) mass is 1450 g/mol. The first-order chi connectivity index (χ1) is 46.3. The number of anilines is 3. The van der Waals surface area contributed by atoms with Crippen LogP contribution in [0.5, 0.6) is 11.5 Å². The number of fused-ring (bicyclic) bond motifs is 6. The Hall–Kier alpha value is -6.12. The van der Waals surface area contributed by atoms with Gasteiger partial charge in [-0.15, -0.1) is 69.4 Å². The number of alkyl halides is 1. The molecule has 4 aromatic heterocycles. The third-order valence-corrected chi connectivity index (χ3v) is 22.0. The van der Waals surface area contributed by atoms with Crippen molar-refractivity contribution in [2.45, 2.75) is 57.8 Å². The average Bonchev–Trinajstić information content (AvgIpc) is 1.81. The van der Waals surface area contributed by atoms with Gasteiger partial charge in [0.15, 0.2) is 11.6 Å². The minimum absolute atomic E-state index is 0. The summed E-state index contributed by atoms with van der Waals surface area (Å²) in [5.74, 6) is 2.69. The molecule has 0 amide bonds. The first-order valence-corrected chi connectivity index (χ1v) is 38.3. The van der Waals surface area contributed by atoms with E-state index in [0.29, 0.717) is 25.3 Å². The lowest BCUT2D eigenvalue weighted by atomic mass is 9.96. The van der Waals surface area contributed by atoms with Gasteiger partial charge in [-0.2, -0.15) is 0 Å². The van der Waals surface area contributed by atoms with Crippen LogP contribution in [0.1, 0.15) is 67.2 Å². The fourth-order valence-corrected chi connectivity index (χ4v) is 16.4. The number of carbonyl (C=O) groups excluding carboxylic acids is 2. The zero-order valence-corrected chi connectivity index (χ0v) is 60.6. The van der Waals surface area contributed by atoms with Crippen LogP contribution >= 0.6 is 85.3 Å². The van der Waals surface area contributed by atoms with Crippen molar-refractivity contribution in [1.29, 1.82) is 0 Å². The number of piperazine rings is 3. The highest BCUT2D eigenvalue weighted by Gasteiger charge is 2.20. The van der Waals surface area contributed by atoms with Crippen LogP contribution in [0.3, 0.4) is 0 Å². The van der Waals surface area contributed by atoms with Crippen LogP contribution < -0.4 is 40.1 Å². The predicted octanol–water partition coefficient (Wildman–Crippen LogP) is 17.7. The Morgan fingerprint density at radius 3 is 1.26 bits per heavy atom. The molecular weight excluding hydrogens is 1370 g/mol. The number of ether oxygens (including phenoxy) is 2. The molecule has 0 saturated carbocycles. The standard InChI is InChI=1S/C26H28N2O2S.C14H15ClO2.2C12H14N2S.C8H5BrS.C5H11N.ClH/c29-22-8-6-20-7-9-23(19-21(20)18-22)30-16-2-1-11-27-12-14-28(15-13-27)25-4-3-5-26-24(25)10-17-31-26;15-7-1-2-8-17-14-6-4-11-3-5-13(16)9-12(11)10-14;2*1-2-11(14-7-5-13-6-8-14)10-4-9-15-12(10)3-1;9-7-2-1-3-8-6(7)4-5-10-8;1-2-4-6-5-3-1;/h3-10,17,19H,1-2,11-16,18H2;3-6,10H,1-2,7-9H2;2*1-4,9,13H,5-8H2;1-5H;6H,1-5H2;1H. The average molecular weight is 1450 g/mol. The molecule has 6 aromatic carbocycles. The molecule has 4 aliphatic heterocycles. The Morgan fingerprint density at radius 2 is 0.842 bits per heavy atom. The molecule has 0 unspecified atom stereocenters. The van der Waals surface area contributed by atoms with Gasteiger partial charge in [-0.05, 0) is 211 Å². The molecule has 2 aliphatic carbocycles. The highest BCUT2D eigenvalue weighted by molar-refractivity contribution is 9.10. The molecule has 0 radical (unpaired) electrons. The van der Waals surface area contributed by atoms with Crippen molar-refractivity contribution in [3.63, 3.8) is 0 Å². The number of piperidine rings is 1. The molecule has 6 aliphatic rings. The van der Waals surface area contributed by atoms with Crippen molar-refractivity contribution >= 4 is 166 Å². The van der Waals surface area contributed by atoms with Crippen LogP contribution in [0.2, 0.25) is 0 Å². The summed E-state index contributed by atoms with van der Waals surface area (Å²) in [7, 11) is 0. The number of carbonyl (C=O) groups is 2. The van der Waals surface area contributed by atoms with E-state index in [-0.39, 0.29) is 24.0 Å². The second-order valence-corrected chi connectivity index (χ2v) is 29.0. The number of hydrogen-bond acceptors (Lipinski definition) is 15. The van der Waals surface area contributed by atoms with Crippen LogP contribution in [-0.2, 0) is 22.4 Å². The van der Waals surface area contributed by atoms with Crippen molar-refractivity contribution in [2.24, 2.45) is 0 Å². The number of unbranched alkanes of at least 4 members (excludes halogenated alkanes) is 2. The van der Waals surface area contributed by atoms with Crippen LogP contribution in [0.25, 0.3) is 52.5 Å². The normalized spacial score (nSPS) is 15.9. The number of nitrogens with zero attached hydrogens (tertiary/aromatic N) is 4. The first-order valence-electron chi connectivity index (χ1n) is 33.4. The minimum atomic E-state index is 0. The van der Waals surface area contributed by atoms with E-state index in [4.69, 9.17) is 21.1 Å². The van der Waals surface area contributed by atoms with Crippen molar-refractivity contribution in [2.75, 3.05) is 132 Å². The number of halogens is 3. The number of rotatable bonds is 14. The van der Waals surface area contributed by atoms with Crippen LogP contribution in [-0.4, -0.2) is 134 Å². The van der Waals surface area contributed by atoms with E-state index in [0.717, 1.165) is 151 Å². The van der Waals surface area contributed by atoms with E-state index in [1.54, 1.807) is 23.5 Å². The van der Waals surface area contributed by atoms with Gasteiger partial charge in [0.1, 0.15) is 11.5 Å². The van der Waals surface area contributed by atoms with Gasteiger partial charge in [0.05, 0.1) is 13.2 Å². The Morgan fingerprint density at radius 1 is 0.432 bits per heavy atom. The Bertz CT molecular complexity index is 3970.